The minimum atomic E-state index is -0.282. The van der Waals surface area contributed by atoms with E-state index in [2.05, 4.69) is 24.1 Å². The first-order chi connectivity index (χ1) is 11.4. The summed E-state index contributed by atoms with van der Waals surface area (Å²) in [4.78, 5) is 15.5. The van der Waals surface area contributed by atoms with Crippen LogP contribution < -0.4 is 5.32 Å². The molecule has 3 nitrogen and oxygen atoms in total. The van der Waals surface area contributed by atoms with Gasteiger partial charge in [0, 0.05) is 34.6 Å². The minimum absolute atomic E-state index is 0.0855. The van der Waals surface area contributed by atoms with Crippen LogP contribution in [0, 0.1) is 12.7 Å². The molecule has 0 radical (unpaired) electrons. The summed E-state index contributed by atoms with van der Waals surface area (Å²) in [6.07, 6.45) is 1.89. The maximum absolute atomic E-state index is 13.3. The SMILES string of the molecule is Cc1cccc(C(=O)NCC(C)(C)c2c[nH]c3cc(F)ccc23)c1. The average molecular weight is 324 g/mol. The smallest absolute Gasteiger partial charge is 0.251 e. The number of rotatable bonds is 4. The Labute approximate surface area is 140 Å². The Hall–Kier alpha value is -2.62. The largest absolute Gasteiger partial charge is 0.361 e. The van der Waals surface area contributed by atoms with Gasteiger partial charge in [0.15, 0.2) is 0 Å². The second kappa shape index (κ2) is 6.11. The molecule has 124 valence electrons. The molecule has 0 aliphatic carbocycles. The predicted octanol–water partition coefficient (Wildman–Crippen LogP) is 4.32. The van der Waals surface area contributed by atoms with E-state index in [1.54, 1.807) is 6.07 Å². The Morgan fingerprint density at radius 2 is 2.00 bits per heavy atom. The van der Waals surface area contributed by atoms with Crippen LogP contribution in [-0.4, -0.2) is 17.4 Å². The van der Waals surface area contributed by atoms with Gasteiger partial charge in [0.1, 0.15) is 5.82 Å². The molecule has 0 aliphatic heterocycles. The molecule has 0 fully saturated rings. The van der Waals surface area contributed by atoms with E-state index in [9.17, 15) is 9.18 Å². The molecular weight excluding hydrogens is 303 g/mol. The molecule has 0 unspecified atom stereocenters. The molecule has 2 N–H and O–H groups in total. The van der Waals surface area contributed by atoms with E-state index >= 15 is 0 Å². The molecule has 1 heterocycles. The van der Waals surface area contributed by atoms with Gasteiger partial charge in [-0.15, -0.1) is 0 Å². The number of aryl methyl sites for hydroxylation is 1. The molecule has 0 atom stereocenters. The maximum Gasteiger partial charge on any atom is 0.251 e. The van der Waals surface area contributed by atoms with Crippen molar-refractivity contribution in [3.63, 3.8) is 0 Å². The first-order valence-corrected chi connectivity index (χ1v) is 7.99. The Kier molecular flexibility index (Phi) is 4.14. The lowest BCUT2D eigenvalue weighted by atomic mass is 9.84. The molecule has 24 heavy (non-hydrogen) atoms. The number of carbonyl (C=O) groups is 1. The van der Waals surface area contributed by atoms with Crippen LogP contribution in [0.25, 0.3) is 10.9 Å². The first kappa shape index (κ1) is 16.2. The van der Waals surface area contributed by atoms with Crippen LogP contribution >= 0.6 is 0 Å². The summed E-state index contributed by atoms with van der Waals surface area (Å²) < 4.78 is 13.3. The summed E-state index contributed by atoms with van der Waals surface area (Å²) in [5, 5.41) is 3.98. The molecule has 1 amide bonds. The van der Waals surface area contributed by atoms with Crippen LogP contribution in [0.2, 0.25) is 0 Å². The lowest BCUT2D eigenvalue weighted by molar-refractivity contribution is 0.0945. The lowest BCUT2D eigenvalue weighted by Gasteiger charge is -2.25. The van der Waals surface area contributed by atoms with E-state index in [4.69, 9.17) is 0 Å². The number of aromatic amines is 1. The molecule has 0 spiro atoms. The number of amides is 1. The number of carbonyl (C=O) groups excluding carboxylic acids is 1. The third-order valence-electron chi connectivity index (χ3n) is 4.34. The summed E-state index contributed by atoms with van der Waals surface area (Å²) >= 11 is 0. The second-order valence-electron chi connectivity index (χ2n) is 6.83. The number of fused-ring (bicyclic) bond motifs is 1. The van der Waals surface area contributed by atoms with Crippen LogP contribution in [0.1, 0.15) is 35.3 Å². The average Bonchev–Trinajstić information content (AvgIpc) is 2.96. The highest BCUT2D eigenvalue weighted by atomic mass is 19.1. The van der Waals surface area contributed by atoms with Gasteiger partial charge in [-0.25, -0.2) is 4.39 Å². The third kappa shape index (κ3) is 3.18. The van der Waals surface area contributed by atoms with Crippen LogP contribution in [0.4, 0.5) is 4.39 Å². The summed E-state index contributed by atoms with van der Waals surface area (Å²) in [6, 6.07) is 12.2. The normalized spacial score (nSPS) is 11.7. The molecule has 0 bridgehead atoms. The van der Waals surface area contributed by atoms with E-state index in [1.807, 2.05) is 37.4 Å². The topological polar surface area (TPSA) is 44.9 Å². The van der Waals surface area contributed by atoms with Gasteiger partial charge in [0.2, 0.25) is 0 Å². The highest BCUT2D eigenvalue weighted by Crippen LogP contribution is 2.30. The van der Waals surface area contributed by atoms with Gasteiger partial charge in [-0.1, -0.05) is 31.5 Å². The number of H-pyrrole nitrogens is 1. The highest BCUT2D eigenvalue weighted by Gasteiger charge is 2.25. The van der Waals surface area contributed by atoms with Gasteiger partial charge in [0.25, 0.3) is 5.91 Å². The van der Waals surface area contributed by atoms with Crippen molar-refractivity contribution in [2.75, 3.05) is 6.54 Å². The van der Waals surface area contributed by atoms with Crippen molar-refractivity contribution in [3.8, 4) is 0 Å². The molecule has 1 aromatic heterocycles. The molecule has 3 rings (SSSR count). The zero-order valence-electron chi connectivity index (χ0n) is 14.1. The van der Waals surface area contributed by atoms with Crippen molar-refractivity contribution in [2.24, 2.45) is 0 Å². The van der Waals surface area contributed by atoms with Crippen LogP contribution in [0.5, 0.6) is 0 Å². The van der Waals surface area contributed by atoms with Crippen LogP contribution in [0.3, 0.4) is 0 Å². The number of benzene rings is 2. The lowest BCUT2D eigenvalue weighted by Crippen LogP contribution is -2.36. The van der Waals surface area contributed by atoms with Crippen LogP contribution in [-0.2, 0) is 5.41 Å². The fourth-order valence-corrected chi connectivity index (χ4v) is 2.94. The molecule has 0 saturated heterocycles. The van der Waals surface area contributed by atoms with Gasteiger partial charge < -0.3 is 10.3 Å². The second-order valence-corrected chi connectivity index (χ2v) is 6.83. The van der Waals surface area contributed by atoms with E-state index in [0.29, 0.717) is 12.1 Å². The Bertz CT molecular complexity index is 896. The van der Waals surface area contributed by atoms with Gasteiger partial charge in [-0.2, -0.15) is 0 Å². The standard InChI is InChI=1S/C20H21FN2O/c1-13-5-4-6-14(9-13)19(24)23-12-20(2,3)17-11-22-18-10-15(21)7-8-16(17)18/h4-11,22H,12H2,1-3H3,(H,23,24). The van der Waals surface area contributed by atoms with Crippen molar-refractivity contribution in [1.82, 2.24) is 10.3 Å². The zero-order chi connectivity index (χ0) is 17.3. The summed E-state index contributed by atoms with van der Waals surface area (Å²) in [5.41, 5.74) is 3.26. The number of halogens is 1. The molecule has 0 saturated carbocycles. The highest BCUT2D eigenvalue weighted by molar-refractivity contribution is 5.94. The maximum atomic E-state index is 13.3. The quantitative estimate of drug-likeness (QED) is 0.737. The summed E-state index contributed by atoms with van der Waals surface area (Å²) in [5.74, 6) is -0.348. The monoisotopic (exact) mass is 324 g/mol. The summed E-state index contributed by atoms with van der Waals surface area (Å²) in [7, 11) is 0. The molecule has 3 aromatic rings. The fraction of sp³-hybridized carbons (Fsp3) is 0.250. The molecule has 4 heteroatoms. The van der Waals surface area contributed by atoms with Gasteiger partial charge in [-0.05, 0) is 42.8 Å². The van der Waals surface area contributed by atoms with Crippen molar-refractivity contribution < 1.29 is 9.18 Å². The van der Waals surface area contributed by atoms with E-state index in [-0.39, 0.29) is 17.1 Å². The Morgan fingerprint density at radius 1 is 1.21 bits per heavy atom. The third-order valence-corrected chi connectivity index (χ3v) is 4.34. The number of nitrogens with one attached hydrogen (secondary N) is 2. The minimum Gasteiger partial charge on any atom is -0.361 e. The van der Waals surface area contributed by atoms with Crippen molar-refractivity contribution >= 4 is 16.8 Å². The zero-order valence-corrected chi connectivity index (χ0v) is 14.1. The summed E-state index contributed by atoms with van der Waals surface area (Å²) in [6.45, 7) is 6.58. The number of aromatic nitrogens is 1. The molecule has 2 aromatic carbocycles. The van der Waals surface area contributed by atoms with Crippen LogP contribution in [0.15, 0.2) is 48.7 Å². The predicted molar refractivity (Wildman–Crippen MR) is 94.8 cm³/mol. The van der Waals surface area contributed by atoms with E-state index in [1.165, 1.54) is 12.1 Å². The Morgan fingerprint density at radius 3 is 2.75 bits per heavy atom. The molecule has 0 aliphatic rings. The first-order valence-electron chi connectivity index (χ1n) is 7.99. The van der Waals surface area contributed by atoms with Crippen molar-refractivity contribution in [3.05, 3.63) is 71.2 Å². The van der Waals surface area contributed by atoms with Gasteiger partial charge >= 0.3 is 0 Å². The van der Waals surface area contributed by atoms with E-state index in [0.717, 1.165) is 22.0 Å². The molecular formula is C20H21FN2O. The number of hydrogen-bond donors (Lipinski definition) is 2. The van der Waals surface area contributed by atoms with E-state index < -0.39 is 0 Å². The van der Waals surface area contributed by atoms with Crippen molar-refractivity contribution in [1.29, 1.82) is 0 Å². The fourth-order valence-electron chi connectivity index (χ4n) is 2.94. The number of hydrogen-bond acceptors (Lipinski definition) is 1. The Balaban J connectivity index is 1.79. The van der Waals surface area contributed by atoms with Gasteiger partial charge in [-0.3, -0.25) is 4.79 Å². The van der Waals surface area contributed by atoms with Gasteiger partial charge in [0.05, 0.1) is 0 Å². The van der Waals surface area contributed by atoms with Crippen molar-refractivity contribution in [2.45, 2.75) is 26.2 Å².